The fraction of sp³-hybridized carbons (Fsp3) is 0.161. The van der Waals surface area contributed by atoms with E-state index < -0.39 is 40.2 Å². The Morgan fingerprint density at radius 1 is 0.595 bits per heavy atom. The number of terminal acetylenes is 1. The summed E-state index contributed by atoms with van der Waals surface area (Å²) in [6.45, 7) is 2.02. The van der Waals surface area contributed by atoms with Gasteiger partial charge in [0.05, 0.1) is 11.1 Å². The minimum atomic E-state index is -1.13. The van der Waals surface area contributed by atoms with Crippen LogP contribution in [0.2, 0.25) is 0 Å². The zero-order valence-electron chi connectivity index (χ0n) is 19.9. The van der Waals surface area contributed by atoms with Crippen LogP contribution in [0.3, 0.4) is 0 Å². The van der Waals surface area contributed by atoms with Crippen molar-refractivity contribution in [2.45, 2.75) is 32.6 Å². The molecule has 6 heteroatoms. The van der Waals surface area contributed by atoms with Crippen LogP contribution >= 0.6 is 0 Å². The van der Waals surface area contributed by atoms with Crippen molar-refractivity contribution in [1.82, 2.24) is 0 Å². The highest BCUT2D eigenvalue weighted by molar-refractivity contribution is 5.72. The maximum atomic E-state index is 14.9. The molecule has 0 nitrogen and oxygen atoms in total. The number of aryl methyl sites for hydroxylation is 3. The summed E-state index contributed by atoms with van der Waals surface area (Å²) in [5, 5.41) is 0. The predicted molar refractivity (Wildman–Crippen MR) is 133 cm³/mol. The normalized spacial score (nSPS) is 11.0. The van der Waals surface area contributed by atoms with Gasteiger partial charge in [-0.05, 0) is 83.5 Å². The van der Waals surface area contributed by atoms with Gasteiger partial charge in [0.15, 0.2) is 0 Å². The molecule has 0 spiro atoms. The smallest absolute Gasteiger partial charge is 0.142 e. The molecule has 0 aliphatic rings. The summed E-state index contributed by atoms with van der Waals surface area (Å²) in [6, 6.07) is 12.6. The molecule has 0 fully saturated rings. The van der Waals surface area contributed by atoms with E-state index in [9.17, 15) is 26.3 Å². The quantitative estimate of drug-likeness (QED) is 0.173. The number of hydrogen-bond donors (Lipinski definition) is 0. The Bertz CT molecular complexity index is 1470. The van der Waals surface area contributed by atoms with Gasteiger partial charge in [0, 0.05) is 5.56 Å². The first-order chi connectivity index (χ1) is 17.7. The molecule has 0 unspecified atom stereocenters. The molecule has 188 valence electrons. The number of rotatable bonds is 7. The molecule has 0 amide bonds. The lowest BCUT2D eigenvalue weighted by molar-refractivity contribution is 0.574. The Balaban J connectivity index is 1.57. The second-order valence-electron chi connectivity index (χ2n) is 8.76. The highest BCUT2D eigenvalue weighted by Crippen LogP contribution is 2.34. The summed E-state index contributed by atoms with van der Waals surface area (Å²) >= 11 is 0. The summed E-state index contributed by atoms with van der Waals surface area (Å²) in [4.78, 5) is 0. The average molecular weight is 509 g/mol. The van der Waals surface area contributed by atoms with Gasteiger partial charge in [-0.3, -0.25) is 0 Å². The maximum Gasteiger partial charge on any atom is 0.142 e. The summed E-state index contributed by atoms with van der Waals surface area (Å²) < 4.78 is 87.1. The Morgan fingerprint density at radius 2 is 1.16 bits per heavy atom. The lowest BCUT2D eigenvalue weighted by atomic mass is 9.96. The molecule has 4 aromatic carbocycles. The summed E-state index contributed by atoms with van der Waals surface area (Å²) in [6.07, 6.45) is 7.48. The monoisotopic (exact) mass is 508 g/mol. The van der Waals surface area contributed by atoms with Crippen LogP contribution in [0.1, 0.15) is 35.6 Å². The van der Waals surface area contributed by atoms with Gasteiger partial charge in [-0.15, -0.1) is 6.42 Å². The van der Waals surface area contributed by atoms with Gasteiger partial charge in [-0.2, -0.15) is 0 Å². The summed E-state index contributed by atoms with van der Waals surface area (Å²) in [7, 11) is 0. The summed E-state index contributed by atoms with van der Waals surface area (Å²) in [5.74, 6) is -3.66. The van der Waals surface area contributed by atoms with Crippen LogP contribution < -0.4 is 0 Å². The van der Waals surface area contributed by atoms with Crippen molar-refractivity contribution in [2.75, 3.05) is 0 Å². The van der Waals surface area contributed by atoms with E-state index in [1.165, 1.54) is 18.2 Å². The first-order valence-corrected chi connectivity index (χ1v) is 11.7. The van der Waals surface area contributed by atoms with Crippen molar-refractivity contribution in [3.63, 3.8) is 0 Å². The molecule has 0 aliphatic carbocycles. The largest absolute Gasteiger partial charge is 0.207 e. The maximum absolute atomic E-state index is 14.9. The average Bonchev–Trinajstić information content (AvgIpc) is 2.83. The van der Waals surface area contributed by atoms with Crippen LogP contribution in [0.5, 0.6) is 0 Å². The van der Waals surface area contributed by atoms with Gasteiger partial charge in [-0.1, -0.05) is 43.5 Å². The molecule has 0 bridgehead atoms. The molecular weight excluding hydrogens is 486 g/mol. The third-order valence-electron chi connectivity index (χ3n) is 6.20. The number of benzene rings is 4. The molecule has 0 heterocycles. The van der Waals surface area contributed by atoms with Crippen molar-refractivity contribution in [3.8, 4) is 34.6 Å². The lowest BCUT2D eigenvalue weighted by Crippen LogP contribution is -1.99. The Hall–Kier alpha value is -3.98. The Labute approximate surface area is 211 Å². The molecule has 0 atom stereocenters. The van der Waals surface area contributed by atoms with Crippen LogP contribution in [0.25, 0.3) is 22.3 Å². The zero-order chi connectivity index (χ0) is 26.7. The SMILES string of the molecule is C#Cc1c(F)cc(-c2c(F)cc(-c3ccc(CCc4ccc(CCC)cc4F)cc3F)cc2F)cc1F. The fourth-order valence-electron chi connectivity index (χ4n) is 4.32. The fourth-order valence-corrected chi connectivity index (χ4v) is 4.32. The molecular formula is C31H22F6. The van der Waals surface area contributed by atoms with E-state index in [2.05, 4.69) is 0 Å². The van der Waals surface area contributed by atoms with E-state index in [0.29, 0.717) is 24.0 Å². The highest BCUT2D eigenvalue weighted by Gasteiger charge is 2.19. The van der Waals surface area contributed by atoms with E-state index in [4.69, 9.17) is 6.42 Å². The first kappa shape index (κ1) is 26.1. The molecule has 0 aromatic heterocycles. The molecule has 0 saturated carbocycles. The minimum Gasteiger partial charge on any atom is -0.207 e. The molecule has 4 aromatic rings. The van der Waals surface area contributed by atoms with E-state index in [1.807, 2.05) is 18.9 Å². The van der Waals surface area contributed by atoms with Gasteiger partial charge < -0.3 is 0 Å². The summed E-state index contributed by atoms with van der Waals surface area (Å²) in [5.41, 5.74) is 0.229. The molecule has 0 radical (unpaired) electrons. The molecule has 0 saturated heterocycles. The predicted octanol–water partition coefficient (Wildman–Crippen LogP) is 8.57. The van der Waals surface area contributed by atoms with Crippen LogP contribution in [-0.2, 0) is 19.3 Å². The third-order valence-corrected chi connectivity index (χ3v) is 6.20. The van der Waals surface area contributed by atoms with E-state index >= 15 is 0 Å². The van der Waals surface area contributed by atoms with E-state index in [1.54, 1.807) is 12.1 Å². The molecule has 0 N–H and O–H groups in total. The van der Waals surface area contributed by atoms with Gasteiger partial charge in [0.2, 0.25) is 0 Å². The van der Waals surface area contributed by atoms with E-state index in [-0.39, 0.29) is 22.5 Å². The van der Waals surface area contributed by atoms with Gasteiger partial charge in [0.25, 0.3) is 0 Å². The molecule has 37 heavy (non-hydrogen) atoms. The van der Waals surface area contributed by atoms with Crippen molar-refractivity contribution >= 4 is 0 Å². The molecule has 0 aliphatic heterocycles. The minimum absolute atomic E-state index is 0.0526. The standard InChI is InChI=1S/C31H22F6/c1-3-5-18-6-9-20(25(32)12-18)10-7-19-8-11-24(26(33)13-19)21-14-29(36)31(30(37)15-21)22-16-27(34)23(4-2)28(35)17-22/h2,6,8-9,11-17H,3,5,7,10H2,1H3. The van der Waals surface area contributed by atoms with E-state index in [0.717, 1.165) is 42.7 Å². The second-order valence-corrected chi connectivity index (χ2v) is 8.76. The van der Waals surface area contributed by atoms with Crippen LogP contribution in [-0.4, -0.2) is 0 Å². The zero-order valence-corrected chi connectivity index (χ0v) is 19.9. The molecule has 4 rings (SSSR count). The van der Waals surface area contributed by atoms with Crippen LogP contribution in [0, 0.1) is 47.2 Å². The van der Waals surface area contributed by atoms with Crippen molar-refractivity contribution < 1.29 is 26.3 Å². The van der Waals surface area contributed by atoms with Crippen molar-refractivity contribution in [1.29, 1.82) is 0 Å². The van der Waals surface area contributed by atoms with Crippen LogP contribution in [0.15, 0.2) is 60.7 Å². The third kappa shape index (κ3) is 5.56. The Morgan fingerprint density at radius 3 is 1.73 bits per heavy atom. The number of hydrogen-bond acceptors (Lipinski definition) is 0. The Kier molecular flexibility index (Phi) is 7.73. The van der Waals surface area contributed by atoms with Crippen molar-refractivity contribution in [3.05, 3.63) is 118 Å². The van der Waals surface area contributed by atoms with Crippen molar-refractivity contribution in [2.24, 2.45) is 0 Å². The number of halogens is 6. The van der Waals surface area contributed by atoms with Gasteiger partial charge >= 0.3 is 0 Å². The topological polar surface area (TPSA) is 0 Å². The lowest BCUT2D eigenvalue weighted by Gasteiger charge is -2.12. The van der Waals surface area contributed by atoms with Crippen LogP contribution in [0.4, 0.5) is 26.3 Å². The highest BCUT2D eigenvalue weighted by atomic mass is 19.2. The second kappa shape index (κ2) is 11.0. The first-order valence-electron chi connectivity index (χ1n) is 11.7. The van der Waals surface area contributed by atoms with Gasteiger partial charge in [0.1, 0.15) is 34.9 Å². The van der Waals surface area contributed by atoms with Gasteiger partial charge in [-0.25, -0.2) is 26.3 Å².